The Labute approximate surface area is 201 Å². The zero-order valence-corrected chi connectivity index (χ0v) is 19.6. The van der Waals surface area contributed by atoms with Crippen molar-refractivity contribution in [3.8, 4) is 22.1 Å². The van der Waals surface area contributed by atoms with Crippen molar-refractivity contribution >= 4 is 33.1 Å². The van der Waals surface area contributed by atoms with Crippen LogP contribution in [0, 0.1) is 0 Å². The van der Waals surface area contributed by atoms with Gasteiger partial charge in [-0.3, -0.25) is 0 Å². The van der Waals surface area contributed by atoms with Crippen LogP contribution in [0.15, 0.2) is 84.5 Å². The Kier molecular flexibility index (Phi) is 5.08. The summed E-state index contributed by atoms with van der Waals surface area (Å²) in [6, 6.07) is 22.6. The van der Waals surface area contributed by atoms with Gasteiger partial charge in [-0.1, -0.05) is 30.3 Å². The number of fused-ring (bicyclic) bond motifs is 2. The minimum atomic E-state index is -0.0737. The highest BCUT2D eigenvalue weighted by Gasteiger charge is 2.26. The summed E-state index contributed by atoms with van der Waals surface area (Å²) in [5, 5.41) is 5.42. The molecule has 6 aromatic rings. The van der Waals surface area contributed by atoms with Crippen LogP contribution < -0.4 is 9.47 Å². The minimum absolute atomic E-state index is 0.0737. The van der Waals surface area contributed by atoms with Gasteiger partial charge in [-0.2, -0.15) is 0 Å². The first-order chi connectivity index (χ1) is 16.7. The van der Waals surface area contributed by atoms with Gasteiger partial charge in [0.2, 0.25) is 0 Å². The number of nitrogens with zero attached hydrogens (tertiary/aromatic N) is 1. The molecule has 3 heterocycles. The van der Waals surface area contributed by atoms with E-state index >= 15 is 0 Å². The average molecular weight is 466 g/mol. The first kappa shape index (κ1) is 20.6. The number of ether oxygens (including phenoxy) is 2. The van der Waals surface area contributed by atoms with Crippen molar-refractivity contribution in [2.45, 2.75) is 5.92 Å². The standard InChI is InChI=1S/C28H23N3O2S/c1-32-18-8-10-24-20(12-18)22(14-29-24)27(23-15-30-25-11-9-19(33-2)13-21(23)25)26-16-34-28(31-26)17-6-4-3-5-7-17/h3-16,27,29-30H,1-2H3. The normalized spacial score (nSPS) is 11.5. The molecule has 0 aliphatic heterocycles. The first-order valence-electron chi connectivity index (χ1n) is 11.1. The van der Waals surface area contributed by atoms with Gasteiger partial charge in [0.05, 0.1) is 25.8 Å². The molecule has 0 saturated heterocycles. The van der Waals surface area contributed by atoms with Crippen LogP contribution in [-0.4, -0.2) is 29.2 Å². The second-order valence-corrected chi connectivity index (χ2v) is 9.05. The number of methoxy groups -OCH3 is 2. The zero-order chi connectivity index (χ0) is 23.1. The van der Waals surface area contributed by atoms with Crippen molar-refractivity contribution < 1.29 is 9.47 Å². The van der Waals surface area contributed by atoms with E-state index < -0.39 is 0 Å². The summed E-state index contributed by atoms with van der Waals surface area (Å²) >= 11 is 1.67. The molecule has 6 rings (SSSR count). The van der Waals surface area contributed by atoms with Gasteiger partial charge in [-0.25, -0.2) is 4.98 Å². The molecule has 0 aliphatic carbocycles. The van der Waals surface area contributed by atoms with E-state index in [1.165, 1.54) is 0 Å². The smallest absolute Gasteiger partial charge is 0.123 e. The topological polar surface area (TPSA) is 62.9 Å². The van der Waals surface area contributed by atoms with Gasteiger partial charge in [-0.05, 0) is 47.5 Å². The summed E-state index contributed by atoms with van der Waals surface area (Å²) in [7, 11) is 3.40. The number of aromatic amines is 2. The second-order valence-electron chi connectivity index (χ2n) is 8.19. The van der Waals surface area contributed by atoms with Crippen LogP contribution in [0.25, 0.3) is 32.4 Å². The maximum atomic E-state index is 5.54. The number of aromatic nitrogens is 3. The maximum Gasteiger partial charge on any atom is 0.123 e. The molecule has 0 bridgehead atoms. The fourth-order valence-corrected chi connectivity index (χ4v) is 5.44. The van der Waals surface area contributed by atoms with Crippen LogP contribution in [0.3, 0.4) is 0 Å². The molecule has 6 heteroatoms. The van der Waals surface area contributed by atoms with Crippen molar-refractivity contribution in [2.75, 3.05) is 14.2 Å². The van der Waals surface area contributed by atoms with Gasteiger partial charge in [0.25, 0.3) is 0 Å². The van der Waals surface area contributed by atoms with Crippen LogP contribution in [0.5, 0.6) is 11.5 Å². The Balaban J connectivity index is 1.58. The average Bonchev–Trinajstić information content (AvgIpc) is 3.64. The molecule has 0 unspecified atom stereocenters. The second kappa shape index (κ2) is 8.39. The predicted molar refractivity (Wildman–Crippen MR) is 138 cm³/mol. The number of H-pyrrole nitrogens is 2. The highest BCUT2D eigenvalue weighted by atomic mass is 32.1. The molecule has 2 N–H and O–H groups in total. The van der Waals surface area contributed by atoms with Gasteiger partial charge in [-0.15, -0.1) is 11.3 Å². The summed E-state index contributed by atoms with van der Waals surface area (Å²) in [5.41, 5.74) is 6.58. The van der Waals surface area contributed by atoms with E-state index in [4.69, 9.17) is 14.5 Å². The van der Waals surface area contributed by atoms with E-state index in [-0.39, 0.29) is 5.92 Å². The summed E-state index contributed by atoms with van der Waals surface area (Å²) in [6.45, 7) is 0. The van der Waals surface area contributed by atoms with Gasteiger partial charge >= 0.3 is 0 Å². The minimum Gasteiger partial charge on any atom is -0.497 e. The highest BCUT2D eigenvalue weighted by Crippen LogP contribution is 2.42. The van der Waals surface area contributed by atoms with Gasteiger partial charge in [0.1, 0.15) is 16.5 Å². The number of thiazole rings is 1. The van der Waals surface area contributed by atoms with Crippen molar-refractivity contribution in [1.29, 1.82) is 0 Å². The van der Waals surface area contributed by atoms with Crippen LogP contribution in [0.1, 0.15) is 22.7 Å². The summed E-state index contributed by atoms with van der Waals surface area (Å²) < 4.78 is 11.1. The molecule has 168 valence electrons. The number of hydrogen-bond acceptors (Lipinski definition) is 4. The third-order valence-corrected chi connectivity index (χ3v) is 7.21. The van der Waals surface area contributed by atoms with E-state index in [9.17, 15) is 0 Å². The summed E-state index contributed by atoms with van der Waals surface area (Å²) in [4.78, 5) is 12.0. The van der Waals surface area contributed by atoms with Crippen molar-refractivity contribution in [3.05, 3.63) is 101 Å². The molecule has 0 aliphatic rings. The molecule has 3 aromatic heterocycles. The van der Waals surface area contributed by atoms with Crippen molar-refractivity contribution in [1.82, 2.24) is 15.0 Å². The Morgan fingerprint density at radius 3 is 1.91 bits per heavy atom. The fourth-order valence-electron chi connectivity index (χ4n) is 4.59. The third-order valence-electron chi connectivity index (χ3n) is 6.30. The lowest BCUT2D eigenvalue weighted by atomic mass is 9.88. The molecular weight excluding hydrogens is 442 g/mol. The Bertz CT molecular complexity index is 1510. The molecular formula is C28H23N3O2S. The molecule has 5 nitrogen and oxygen atoms in total. The Morgan fingerprint density at radius 2 is 1.35 bits per heavy atom. The van der Waals surface area contributed by atoms with Crippen LogP contribution >= 0.6 is 11.3 Å². The molecule has 34 heavy (non-hydrogen) atoms. The summed E-state index contributed by atoms with van der Waals surface area (Å²) in [6.07, 6.45) is 4.19. The van der Waals surface area contributed by atoms with E-state index in [2.05, 4.69) is 64.1 Å². The highest BCUT2D eigenvalue weighted by molar-refractivity contribution is 7.13. The monoisotopic (exact) mass is 465 g/mol. The maximum absolute atomic E-state index is 5.54. The van der Waals surface area contributed by atoms with Gasteiger partial charge < -0.3 is 19.4 Å². The lowest BCUT2D eigenvalue weighted by Crippen LogP contribution is -2.03. The molecule has 0 spiro atoms. The molecule has 3 aromatic carbocycles. The predicted octanol–water partition coefficient (Wildman–Crippen LogP) is 6.97. The Morgan fingerprint density at radius 1 is 0.765 bits per heavy atom. The number of rotatable bonds is 6. The lowest BCUT2D eigenvalue weighted by Gasteiger charge is -2.15. The summed E-state index contributed by atoms with van der Waals surface area (Å²) in [5.74, 6) is 1.59. The van der Waals surface area contributed by atoms with Crippen LogP contribution in [-0.2, 0) is 0 Å². The van der Waals surface area contributed by atoms with Crippen LogP contribution in [0.2, 0.25) is 0 Å². The SMILES string of the molecule is COc1ccc2[nH]cc(C(c3csc(-c4ccccc4)n3)c3c[nH]c4ccc(OC)cc34)c2c1. The number of hydrogen-bond donors (Lipinski definition) is 2. The quantitative estimate of drug-likeness (QED) is 0.279. The molecule has 0 radical (unpaired) electrons. The number of benzene rings is 3. The van der Waals surface area contributed by atoms with E-state index in [1.807, 2.05) is 30.3 Å². The largest absolute Gasteiger partial charge is 0.497 e. The van der Waals surface area contributed by atoms with Gasteiger partial charge in [0, 0.05) is 45.1 Å². The molecule has 0 saturated carbocycles. The molecule has 0 amide bonds. The van der Waals surface area contributed by atoms with Crippen molar-refractivity contribution in [2.24, 2.45) is 0 Å². The number of nitrogens with one attached hydrogen (secondary N) is 2. The lowest BCUT2D eigenvalue weighted by molar-refractivity contribution is 0.415. The molecule has 0 atom stereocenters. The van der Waals surface area contributed by atoms with E-state index in [0.717, 1.165) is 60.7 Å². The zero-order valence-electron chi connectivity index (χ0n) is 18.8. The van der Waals surface area contributed by atoms with Crippen LogP contribution in [0.4, 0.5) is 0 Å². The van der Waals surface area contributed by atoms with Gasteiger partial charge in [0.15, 0.2) is 0 Å². The van der Waals surface area contributed by atoms with E-state index in [0.29, 0.717) is 0 Å². The van der Waals surface area contributed by atoms with Crippen molar-refractivity contribution in [3.63, 3.8) is 0 Å². The first-order valence-corrected chi connectivity index (χ1v) is 11.9. The fraction of sp³-hybridized carbons (Fsp3) is 0.107. The third kappa shape index (κ3) is 3.43. The van der Waals surface area contributed by atoms with E-state index in [1.54, 1.807) is 25.6 Å². The Hall–Kier alpha value is -4.03. The molecule has 0 fully saturated rings.